The fraction of sp³-hybridized carbons (Fsp3) is 0.552. The number of cyclic esters (lactones) is 1. The number of carbonyl (C=O) groups is 3. The van der Waals surface area contributed by atoms with Gasteiger partial charge in [0.1, 0.15) is 6.04 Å². The lowest BCUT2D eigenvalue weighted by Crippen LogP contribution is -2.53. The zero-order valence-corrected chi connectivity index (χ0v) is 23.0. The minimum atomic E-state index is -0.854. The third-order valence-corrected chi connectivity index (χ3v) is 10.0. The largest absolute Gasteiger partial charge is 0.465 e. The molecule has 38 heavy (non-hydrogen) atoms. The summed E-state index contributed by atoms with van der Waals surface area (Å²) in [5.74, 6) is -1.93. The van der Waals surface area contributed by atoms with Crippen LogP contribution in [0.5, 0.6) is 0 Å². The lowest BCUT2D eigenvalue weighted by Gasteiger charge is -2.35. The van der Waals surface area contributed by atoms with Gasteiger partial charge in [0.15, 0.2) is 0 Å². The maximum Gasteiger partial charge on any atom is 0.311 e. The van der Waals surface area contributed by atoms with Crippen molar-refractivity contribution < 1.29 is 24.2 Å². The Kier molecular flexibility index (Phi) is 8.50. The summed E-state index contributed by atoms with van der Waals surface area (Å²) < 4.78 is 4.82. The van der Waals surface area contributed by atoms with Crippen LogP contribution in [0.4, 0.5) is 5.69 Å². The maximum atomic E-state index is 14.4. The number of allylic oxidation sites excluding steroid dienone is 1. The smallest absolute Gasteiger partial charge is 0.311 e. The van der Waals surface area contributed by atoms with Crippen LogP contribution in [-0.2, 0) is 19.1 Å². The molecule has 204 valence electrons. The van der Waals surface area contributed by atoms with E-state index in [0.717, 1.165) is 44.2 Å². The molecule has 9 heteroatoms. The molecule has 0 aliphatic carbocycles. The number of benzene rings is 1. The van der Waals surface area contributed by atoms with Crippen LogP contribution >= 0.6 is 23.4 Å². The van der Waals surface area contributed by atoms with Gasteiger partial charge in [-0.25, -0.2) is 0 Å². The summed E-state index contributed by atoms with van der Waals surface area (Å²) in [5.41, 5.74) is 0.723. The number of nitrogens with zero attached hydrogens (tertiary/aromatic N) is 2. The molecule has 0 bridgehead atoms. The van der Waals surface area contributed by atoms with E-state index in [4.69, 9.17) is 21.4 Å². The Morgan fingerprint density at radius 1 is 1.03 bits per heavy atom. The summed E-state index contributed by atoms with van der Waals surface area (Å²) in [6, 6.07) is 6.44. The van der Waals surface area contributed by atoms with E-state index in [1.165, 1.54) is 0 Å². The van der Waals surface area contributed by atoms with Crippen molar-refractivity contribution in [1.29, 1.82) is 0 Å². The number of likely N-dealkylation sites (tertiary alicyclic amines) is 1. The van der Waals surface area contributed by atoms with Crippen molar-refractivity contribution in [3.63, 3.8) is 0 Å². The van der Waals surface area contributed by atoms with Crippen LogP contribution in [0.1, 0.15) is 44.9 Å². The number of thioether (sulfide) groups is 1. The molecule has 4 aliphatic rings. The highest BCUT2D eigenvalue weighted by Gasteiger charge is 2.70. The van der Waals surface area contributed by atoms with Crippen molar-refractivity contribution in [2.45, 2.75) is 61.0 Å². The van der Waals surface area contributed by atoms with E-state index in [2.05, 4.69) is 12.2 Å². The minimum absolute atomic E-state index is 0.142. The van der Waals surface area contributed by atoms with E-state index in [0.29, 0.717) is 31.1 Å². The molecule has 7 nitrogen and oxygen atoms in total. The number of unbranched alkanes of at least 4 members (excludes halogenated alkanes) is 3. The van der Waals surface area contributed by atoms with Crippen LogP contribution in [0, 0.1) is 11.8 Å². The van der Waals surface area contributed by atoms with Crippen molar-refractivity contribution >= 4 is 46.8 Å². The lowest BCUT2D eigenvalue weighted by atomic mass is 9.78. The number of aliphatic hydroxyl groups is 1. The second-order valence-corrected chi connectivity index (χ2v) is 12.4. The van der Waals surface area contributed by atoms with Crippen LogP contribution in [0.15, 0.2) is 48.6 Å². The van der Waals surface area contributed by atoms with E-state index in [9.17, 15) is 14.4 Å². The number of fused-ring (bicyclic) bond motifs is 2. The first-order valence-electron chi connectivity index (χ1n) is 13.6. The van der Waals surface area contributed by atoms with E-state index in [1.54, 1.807) is 33.7 Å². The molecule has 4 heterocycles. The van der Waals surface area contributed by atoms with Crippen LogP contribution < -0.4 is 4.90 Å². The van der Waals surface area contributed by atoms with Gasteiger partial charge in [0.2, 0.25) is 5.91 Å². The first-order valence-corrected chi connectivity index (χ1v) is 14.9. The topological polar surface area (TPSA) is 87.2 Å². The summed E-state index contributed by atoms with van der Waals surface area (Å²) >= 11 is 7.68. The fourth-order valence-corrected chi connectivity index (χ4v) is 8.38. The molecule has 1 spiro atoms. The molecular weight excluding hydrogens is 524 g/mol. The molecule has 2 saturated heterocycles. The molecule has 5 atom stereocenters. The van der Waals surface area contributed by atoms with Gasteiger partial charge in [0.25, 0.3) is 5.91 Å². The Hall–Kier alpha value is -2.29. The van der Waals surface area contributed by atoms with E-state index >= 15 is 0 Å². The number of hydrogen-bond donors (Lipinski definition) is 1. The predicted octanol–water partition coefficient (Wildman–Crippen LogP) is 4.38. The number of anilines is 1. The van der Waals surface area contributed by atoms with Gasteiger partial charge in [-0.1, -0.05) is 48.7 Å². The predicted molar refractivity (Wildman–Crippen MR) is 149 cm³/mol. The summed E-state index contributed by atoms with van der Waals surface area (Å²) in [4.78, 5) is 45.4. The van der Waals surface area contributed by atoms with Crippen LogP contribution in [0.25, 0.3) is 0 Å². The maximum absolute atomic E-state index is 14.4. The molecular formula is C29H35ClN2O5S. The molecule has 5 rings (SSSR count). The third kappa shape index (κ3) is 5.03. The van der Waals surface area contributed by atoms with Gasteiger partial charge < -0.3 is 19.6 Å². The molecule has 0 radical (unpaired) electrons. The Morgan fingerprint density at radius 2 is 1.82 bits per heavy atom. The quantitative estimate of drug-likeness (QED) is 0.304. The van der Waals surface area contributed by atoms with Crippen LogP contribution in [-0.4, -0.2) is 70.1 Å². The fourth-order valence-electron chi connectivity index (χ4n) is 6.26. The normalized spacial score (nSPS) is 31.9. The second-order valence-electron chi connectivity index (χ2n) is 10.4. The molecule has 1 aromatic rings. The SMILES string of the molecule is O=C1OCCCC/C=C\[C@@H]2S[C@]34C=CCN(c5ccc(Cl)cc5)C(=O)C3N(CCCCCCO)C(=O)[C@@H]4[C@H]12. The monoisotopic (exact) mass is 558 g/mol. The van der Waals surface area contributed by atoms with E-state index in [-0.39, 0.29) is 29.6 Å². The van der Waals surface area contributed by atoms with E-state index in [1.807, 2.05) is 24.3 Å². The number of ether oxygens (including phenoxy) is 1. The van der Waals surface area contributed by atoms with Crippen molar-refractivity contribution in [1.82, 2.24) is 4.90 Å². The first-order chi connectivity index (χ1) is 18.5. The Labute approximate surface area is 233 Å². The molecule has 0 aromatic heterocycles. The first kappa shape index (κ1) is 27.3. The van der Waals surface area contributed by atoms with Crippen molar-refractivity contribution in [2.24, 2.45) is 11.8 Å². The van der Waals surface area contributed by atoms with Gasteiger partial charge in [-0.05, 0) is 56.4 Å². The highest BCUT2D eigenvalue weighted by Crippen LogP contribution is 2.60. The highest BCUT2D eigenvalue weighted by atomic mass is 35.5. The average molecular weight is 559 g/mol. The molecule has 2 fully saturated rings. The van der Waals surface area contributed by atoms with Gasteiger partial charge in [-0.2, -0.15) is 0 Å². The number of rotatable bonds is 7. The minimum Gasteiger partial charge on any atom is -0.465 e. The number of hydrogen-bond acceptors (Lipinski definition) is 6. The van der Waals surface area contributed by atoms with Gasteiger partial charge >= 0.3 is 5.97 Å². The average Bonchev–Trinajstić information content (AvgIpc) is 3.29. The molecule has 1 aromatic carbocycles. The van der Waals surface area contributed by atoms with Gasteiger partial charge in [0, 0.05) is 35.7 Å². The van der Waals surface area contributed by atoms with Crippen molar-refractivity contribution in [3.05, 3.63) is 53.6 Å². The zero-order valence-electron chi connectivity index (χ0n) is 21.5. The van der Waals surface area contributed by atoms with Crippen molar-refractivity contribution in [2.75, 3.05) is 31.2 Å². The third-order valence-electron chi connectivity index (χ3n) is 8.05. The lowest BCUT2D eigenvalue weighted by molar-refractivity contribution is -0.153. The Bertz CT molecular complexity index is 1110. The summed E-state index contributed by atoms with van der Waals surface area (Å²) in [7, 11) is 0. The Balaban J connectivity index is 1.53. The summed E-state index contributed by atoms with van der Waals surface area (Å²) in [6.07, 6.45) is 14.0. The van der Waals surface area contributed by atoms with Gasteiger partial charge in [0.05, 0.1) is 23.2 Å². The van der Waals surface area contributed by atoms with Gasteiger partial charge in [-0.15, -0.1) is 11.8 Å². The number of aliphatic hydroxyl groups excluding tert-OH is 1. The number of amides is 2. The van der Waals surface area contributed by atoms with Crippen molar-refractivity contribution in [3.8, 4) is 0 Å². The molecule has 4 aliphatic heterocycles. The van der Waals surface area contributed by atoms with Crippen LogP contribution in [0.3, 0.4) is 0 Å². The molecule has 0 saturated carbocycles. The molecule has 1 N–H and O–H groups in total. The number of esters is 1. The zero-order chi connectivity index (χ0) is 26.7. The standard InChI is InChI=1S/C29H35ClN2O5S/c30-20-11-13-21(14-12-20)31-17-9-15-29-24(23-22(38-29)10-5-1-4-8-19-37-28(23)36)26(34)32(25(29)27(31)35)16-6-2-3-7-18-33/h5,9-15,22-25,33H,1-4,6-8,16-19H2/b10-5-/t22-,23+,24-,25?,29-/m0/s1. The molecule has 2 amide bonds. The Morgan fingerprint density at radius 3 is 2.61 bits per heavy atom. The van der Waals surface area contributed by atoms with Gasteiger partial charge in [-0.3, -0.25) is 14.4 Å². The second kappa shape index (κ2) is 11.8. The summed E-state index contributed by atoms with van der Waals surface area (Å²) in [5, 5.41) is 9.49. The van der Waals surface area contributed by atoms with E-state index < -0.39 is 22.6 Å². The molecule has 1 unspecified atom stereocenters. The summed E-state index contributed by atoms with van der Waals surface area (Å²) in [6.45, 7) is 1.31. The number of carbonyl (C=O) groups excluding carboxylic acids is 3. The number of halogens is 1. The van der Waals surface area contributed by atoms with Crippen LogP contribution in [0.2, 0.25) is 5.02 Å². The highest BCUT2D eigenvalue weighted by molar-refractivity contribution is 8.02.